The second-order valence-corrected chi connectivity index (χ2v) is 6.11. The summed E-state index contributed by atoms with van der Waals surface area (Å²) in [5, 5.41) is 7.31. The van der Waals surface area contributed by atoms with E-state index < -0.39 is 0 Å². The van der Waals surface area contributed by atoms with Crippen molar-refractivity contribution in [2.24, 2.45) is 0 Å². The minimum atomic E-state index is -0.0218. The highest BCUT2D eigenvalue weighted by molar-refractivity contribution is 5.91. The van der Waals surface area contributed by atoms with E-state index in [0.29, 0.717) is 12.5 Å². The van der Waals surface area contributed by atoms with E-state index in [9.17, 15) is 4.79 Å². The van der Waals surface area contributed by atoms with E-state index >= 15 is 0 Å². The van der Waals surface area contributed by atoms with Gasteiger partial charge in [0.15, 0.2) is 0 Å². The molecule has 1 aliphatic carbocycles. The van der Waals surface area contributed by atoms with E-state index in [1.54, 1.807) is 18.7 Å². The molecule has 0 unspecified atom stereocenters. The minimum Gasteiger partial charge on any atom is -0.311 e. The van der Waals surface area contributed by atoms with Gasteiger partial charge in [-0.25, -0.2) is 9.67 Å². The number of rotatable bonds is 5. The van der Waals surface area contributed by atoms with Gasteiger partial charge in [-0.05, 0) is 37.0 Å². The zero-order chi connectivity index (χ0) is 16.4. The van der Waals surface area contributed by atoms with Crippen LogP contribution in [0.1, 0.15) is 30.9 Å². The lowest BCUT2D eigenvalue weighted by Gasteiger charge is -2.27. The predicted molar refractivity (Wildman–Crippen MR) is 91.0 cm³/mol. The summed E-state index contributed by atoms with van der Waals surface area (Å²) in [6.07, 6.45) is 11.0. The normalized spacial score (nSPS) is 14.3. The van der Waals surface area contributed by atoms with Crippen LogP contribution < -0.4 is 5.32 Å². The van der Waals surface area contributed by atoms with E-state index in [1.807, 2.05) is 45.8 Å². The molecule has 2 heterocycles. The maximum absolute atomic E-state index is 12.3. The number of hydrogen-bond donors (Lipinski definition) is 1. The highest BCUT2D eigenvalue weighted by Gasteiger charge is 2.22. The number of amides is 1. The van der Waals surface area contributed by atoms with Crippen molar-refractivity contribution >= 4 is 11.7 Å². The maximum atomic E-state index is 12.3. The van der Waals surface area contributed by atoms with Crippen LogP contribution in [0.2, 0.25) is 0 Å². The topological polar surface area (TPSA) is 64.7 Å². The summed E-state index contributed by atoms with van der Waals surface area (Å²) in [6.45, 7) is 0. The number of carbonyl (C=O) groups excluding carboxylic acids is 1. The summed E-state index contributed by atoms with van der Waals surface area (Å²) in [5.41, 5.74) is 2.01. The summed E-state index contributed by atoms with van der Waals surface area (Å²) in [5.74, 6) is 0.770. The average molecular weight is 321 g/mol. The SMILES string of the molecule is O=C(Cc1ccc(-n2ccnc2)cc1)Nc1ccnn1C1CCC1. The smallest absolute Gasteiger partial charge is 0.229 e. The molecule has 6 nitrogen and oxygen atoms in total. The maximum Gasteiger partial charge on any atom is 0.229 e. The van der Waals surface area contributed by atoms with Crippen LogP contribution in [0.15, 0.2) is 55.2 Å². The lowest BCUT2D eigenvalue weighted by molar-refractivity contribution is -0.115. The Bertz CT molecular complexity index is 815. The molecule has 0 aliphatic heterocycles. The first-order chi connectivity index (χ1) is 11.8. The van der Waals surface area contributed by atoms with E-state index in [-0.39, 0.29) is 5.91 Å². The quantitative estimate of drug-likeness (QED) is 0.786. The van der Waals surface area contributed by atoms with Gasteiger partial charge in [-0.2, -0.15) is 5.10 Å². The summed E-state index contributed by atoms with van der Waals surface area (Å²) in [4.78, 5) is 16.3. The first kappa shape index (κ1) is 14.7. The van der Waals surface area contributed by atoms with Crippen molar-refractivity contribution in [3.8, 4) is 5.69 Å². The highest BCUT2D eigenvalue weighted by Crippen LogP contribution is 2.33. The third kappa shape index (κ3) is 2.95. The fourth-order valence-electron chi connectivity index (χ4n) is 2.91. The van der Waals surface area contributed by atoms with Crippen molar-refractivity contribution in [1.82, 2.24) is 19.3 Å². The molecule has 4 rings (SSSR count). The summed E-state index contributed by atoms with van der Waals surface area (Å²) in [7, 11) is 0. The molecular formula is C18H19N5O. The van der Waals surface area contributed by atoms with Crippen LogP contribution in [0.25, 0.3) is 5.69 Å². The largest absolute Gasteiger partial charge is 0.311 e. The Morgan fingerprint density at radius 3 is 2.67 bits per heavy atom. The second kappa shape index (κ2) is 6.31. The van der Waals surface area contributed by atoms with Crippen LogP contribution in [-0.2, 0) is 11.2 Å². The van der Waals surface area contributed by atoms with Gasteiger partial charge in [0.05, 0.1) is 25.0 Å². The Labute approximate surface area is 140 Å². The van der Waals surface area contributed by atoms with Crippen molar-refractivity contribution in [3.05, 3.63) is 60.8 Å². The molecule has 3 aromatic rings. The predicted octanol–water partition coefficient (Wildman–Crippen LogP) is 2.98. The summed E-state index contributed by atoms with van der Waals surface area (Å²) < 4.78 is 3.87. The monoisotopic (exact) mass is 321 g/mol. The third-order valence-electron chi connectivity index (χ3n) is 4.46. The number of hydrogen-bond acceptors (Lipinski definition) is 3. The molecule has 0 spiro atoms. The van der Waals surface area contributed by atoms with Gasteiger partial charge in [0.1, 0.15) is 5.82 Å². The van der Waals surface area contributed by atoms with Gasteiger partial charge in [-0.1, -0.05) is 12.1 Å². The van der Waals surface area contributed by atoms with Gasteiger partial charge >= 0.3 is 0 Å². The number of aromatic nitrogens is 4. The number of nitrogens with one attached hydrogen (secondary N) is 1. The molecule has 1 saturated carbocycles. The van der Waals surface area contributed by atoms with Crippen LogP contribution in [0.3, 0.4) is 0 Å². The first-order valence-corrected chi connectivity index (χ1v) is 8.20. The average Bonchev–Trinajstić information content (AvgIpc) is 3.19. The van der Waals surface area contributed by atoms with Crippen molar-refractivity contribution in [2.75, 3.05) is 5.32 Å². The van der Waals surface area contributed by atoms with Crippen molar-refractivity contribution in [3.63, 3.8) is 0 Å². The molecule has 24 heavy (non-hydrogen) atoms. The lowest BCUT2D eigenvalue weighted by atomic mass is 9.93. The zero-order valence-corrected chi connectivity index (χ0v) is 13.3. The van der Waals surface area contributed by atoms with E-state index in [0.717, 1.165) is 29.9 Å². The lowest BCUT2D eigenvalue weighted by Crippen LogP contribution is -2.23. The molecule has 0 bridgehead atoms. The van der Waals surface area contributed by atoms with Gasteiger partial charge in [0.25, 0.3) is 0 Å². The van der Waals surface area contributed by atoms with Crippen LogP contribution in [-0.4, -0.2) is 25.2 Å². The molecule has 0 saturated heterocycles. The molecule has 1 N–H and O–H groups in total. The van der Waals surface area contributed by atoms with Gasteiger partial charge in [0.2, 0.25) is 5.91 Å². The van der Waals surface area contributed by atoms with Gasteiger partial charge < -0.3 is 9.88 Å². The number of anilines is 1. The molecule has 1 aliphatic rings. The molecule has 1 fully saturated rings. The van der Waals surface area contributed by atoms with E-state index in [2.05, 4.69) is 15.4 Å². The minimum absolute atomic E-state index is 0.0218. The molecule has 2 aromatic heterocycles. The Kier molecular flexibility index (Phi) is 3.86. The summed E-state index contributed by atoms with van der Waals surface area (Å²) in [6, 6.07) is 10.2. The molecule has 6 heteroatoms. The number of benzene rings is 1. The fourth-order valence-corrected chi connectivity index (χ4v) is 2.91. The number of nitrogens with zero attached hydrogens (tertiary/aromatic N) is 4. The second-order valence-electron chi connectivity index (χ2n) is 6.11. The van der Waals surface area contributed by atoms with Crippen LogP contribution in [0.4, 0.5) is 5.82 Å². The molecule has 0 radical (unpaired) electrons. The Morgan fingerprint density at radius 2 is 2.00 bits per heavy atom. The van der Waals surface area contributed by atoms with Gasteiger partial charge in [-0.3, -0.25) is 4.79 Å². The fraction of sp³-hybridized carbons (Fsp3) is 0.278. The van der Waals surface area contributed by atoms with Gasteiger partial charge in [0, 0.05) is 24.1 Å². The van der Waals surface area contributed by atoms with Crippen LogP contribution in [0.5, 0.6) is 0 Å². The molecule has 1 aromatic carbocycles. The van der Waals surface area contributed by atoms with Crippen molar-refractivity contribution in [2.45, 2.75) is 31.7 Å². The van der Waals surface area contributed by atoms with E-state index in [1.165, 1.54) is 6.42 Å². The molecular weight excluding hydrogens is 302 g/mol. The number of imidazole rings is 1. The summed E-state index contributed by atoms with van der Waals surface area (Å²) >= 11 is 0. The third-order valence-corrected chi connectivity index (χ3v) is 4.46. The molecule has 0 atom stereocenters. The Hall–Kier alpha value is -2.89. The number of carbonyl (C=O) groups is 1. The first-order valence-electron chi connectivity index (χ1n) is 8.20. The highest BCUT2D eigenvalue weighted by atomic mass is 16.1. The molecule has 122 valence electrons. The zero-order valence-electron chi connectivity index (χ0n) is 13.3. The van der Waals surface area contributed by atoms with E-state index in [4.69, 9.17) is 0 Å². The van der Waals surface area contributed by atoms with Gasteiger partial charge in [-0.15, -0.1) is 0 Å². The standard InChI is InChI=1S/C18H19N5O/c24-18(21-17-8-9-20-23(17)16-2-1-3-16)12-14-4-6-15(7-5-14)22-11-10-19-13-22/h4-11,13,16H,1-3,12H2,(H,21,24). The van der Waals surface area contributed by atoms with Crippen molar-refractivity contribution in [1.29, 1.82) is 0 Å². The Morgan fingerprint density at radius 1 is 1.17 bits per heavy atom. The van der Waals surface area contributed by atoms with Crippen molar-refractivity contribution < 1.29 is 4.79 Å². The van der Waals surface area contributed by atoms with Crippen LogP contribution in [0, 0.1) is 0 Å². The van der Waals surface area contributed by atoms with Crippen LogP contribution >= 0.6 is 0 Å². The molecule has 1 amide bonds. The Balaban J connectivity index is 1.40.